The number of hydrogen-bond acceptors (Lipinski definition) is 4. The first kappa shape index (κ1) is 17.2. The zero-order valence-corrected chi connectivity index (χ0v) is 13.3. The third-order valence-electron chi connectivity index (χ3n) is 3.70. The van der Waals surface area contributed by atoms with Crippen molar-refractivity contribution in [2.75, 3.05) is 23.8 Å². The molecule has 2 rings (SSSR count). The summed E-state index contributed by atoms with van der Waals surface area (Å²) in [6.07, 6.45) is 2.72. The van der Waals surface area contributed by atoms with Crippen LogP contribution in [0.25, 0.3) is 0 Å². The topological polar surface area (TPSA) is 105 Å². The van der Waals surface area contributed by atoms with Crippen molar-refractivity contribution in [2.24, 2.45) is 5.73 Å². The Balaban J connectivity index is 1.77. The number of carbonyl (C=O) groups excluding carboxylic acids is 2. The highest BCUT2D eigenvalue weighted by Gasteiger charge is 2.16. The third kappa shape index (κ3) is 5.54. The molecule has 0 radical (unpaired) electrons. The van der Waals surface area contributed by atoms with Gasteiger partial charge in [0.25, 0.3) is 0 Å². The molecule has 2 atom stereocenters. The highest BCUT2D eigenvalue weighted by molar-refractivity contribution is 5.95. The van der Waals surface area contributed by atoms with Crippen LogP contribution in [0.3, 0.4) is 0 Å². The smallest absolute Gasteiger partial charge is 0.319 e. The molecule has 1 heterocycles. The molecule has 0 aliphatic carbocycles. The maximum atomic E-state index is 11.8. The van der Waals surface area contributed by atoms with E-state index in [2.05, 4.69) is 16.0 Å². The number of urea groups is 1. The van der Waals surface area contributed by atoms with E-state index < -0.39 is 6.04 Å². The second-order valence-corrected chi connectivity index (χ2v) is 5.55. The van der Waals surface area contributed by atoms with Gasteiger partial charge >= 0.3 is 6.03 Å². The number of nitrogens with two attached hydrogens (primary N) is 1. The maximum Gasteiger partial charge on any atom is 0.319 e. The van der Waals surface area contributed by atoms with Crippen LogP contribution in [-0.4, -0.2) is 37.2 Å². The predicted octanol–water partition coefficient (Wildman–Crippen LogP) is 1.66. The number of carbonyl (C=O) groups is 2. The Morgan fingerprint density at radius 3 is 2.48 bits per heavy atom. The van der Waals surface area contributed by atoms with Crippen molar-refractivity contribution in [1.29, 1.82) is 0 Å². The second kappa shape index (κ2) is 8.50. The number of anilines is 2. The number of hydrogen-bond donors (Lipinski definition) is 4. The summed E-state index contributed by atoms with van der Waals surface area (Å²) in [6.45, 7) is 3.13. The molecular weight excluding hydrogens is 296 g/mol. The Hall–Kier alpha value is -2.12. The summed E-state index contributed by atoms with van der Waals surface area (Å²) in [5.41, 5.74) is 6.95. The molecule has 1 fully saturated rings. The van der Waals surface area contributed by atoms with Crippen LogP contribution in [0.5, 0.6) is 0 Å². The van der Waals surface area contributed by atoms with Crippen LogP contribution in [-0.2, 0) is 9.53 Å². The summed E-state index contributed by atoms with van der Waals surface area (Å²) < 4.78 is 5.44. The average molecular weight is 320 g/mol. The molecule has 1 saturated heterocycles. The lowest BCUT2D eigenvalue weighted by Crippen LogP contribution is -2.35. The number of amides is 3. The summed E-state index contributed by atoms with van der Waals surface area (Å²) in [7, 11) is 0. The van der Waals surface area contributed by atoms with Gasteiger partial charge in [-0.3, -0.25) is 4.79 Å². The zero-order chi connectivity index (χ0) is 16.7. The third-order valence-corrected chi connectivity index (χ3v) is 3.70. The lowest BCUT2D eigenvalue weighted by Gasteiger charge is -2.13. The van der Waals surface area contributed by atoms with Crippen molar-refractivity contribution in [1.82, 2.24) is 5.32 Å². The summed E-state index contributed by atoms with van der Waals surface area (Å²) in [5, 5.41) is 8.25. The van der Waals surface area contributed by atoms with Crippen molar-refractivity contribution in [3.8, 4) is 0 Å². The molecule has 1 aliphatic rings. The van der Waals surface area contributed by atoms with E-state index in [4.69, 9.17) is 10.5 Å². The maximum absolute atomic E-state index is 11.8. The fourth-order valence-electron chi connectivity index (χ4n) is 2.24. The molecule has 5 N–H and O–H groups in total. The molecular formula is C16H24N4O3. The number of nitrogens with one attached hydrogen (secondary N) is 3. The van der Waals surface area contributed by atoms with Crippen molar-refractivity contribution >= 4 is 23.3 Å². The van der Waals surface area contributed by atoms with Gasteiger partial charge in [0.2, 0.25) is 5.91 Å². The van der Waals surface area contributed by atoms with Crippen LogP contribution in [0.15, 0.2) is 24.3 Å². The Bertz CT molecular complexity index is 527. The summed E-state index contributed by atoms with van der Waals surface area (Å²) in [5.74, 6) is -0.220. The molecule has 7 heteroatoms. The van der Waals surface area contributed by atoms with Gasteiger partial charge in [-0.15, -0.1) is 0 Å². The van der Waals surface area contributed by atoms with E-state index in [9.17, 15) is 9.59 Å². The zero-order valence-electron chi connectivity index (χ0n) is 13.3. The van der Waals surface area contributed by atoms with Gasteiger partial charge in [-0.1, -0.05) is 6.92 Å². The van der Waals surface area contributed by atoms with Crippen molar-refractivity contribution < 1.29 is 14.3 Å². The Kier molecular flexibility index (Phi) is 6.37. The fraction of sp³-hybridized carbons (Fsp3) is 0.500. The highest BCUT2D eigenvalue weighted by Crippen LogP contribution is 2.14. The van der Waals surface area contributed by atoms with E-state index in [0.29, 0.717) is 24.3 Å². The Morgan fingerprint density at radius 1 is 1.26 bits per heavy atom. The number of ether oxygens (including phenoxy) is 1. The van der Waals surface area contributed by atoms with Gasteiger partial charge in [-0.05, 0) is 43.5 Å². The molecule has 0 spiro atoms. The molecule has 0 aromatic heterocycles. The van der Waals surface area contributed by atoms with E-state index >= 15 is 0 Å². The minimum Gasteiger partial charge on any atom is -0.376 e. The minimum absolute atomic E-state index is 0.112. The predicted molar refractivity (Wildman–Crippen MR) is 89.3 cm³/mol. The minimum atomic E-state index is -0.517. The van der Waals surface area contributed by atoms with Crippen LogP contribution in [0.4, 0.5) is 16.2 Å². The first-order valence-corrected chi connectivity index (χ1v) is 7.91. The lowest BCUT2D eigenvalue weighted by atomic mass is 10.2. The van der Waals surface area contributed by atoms with Crippen LogP contribution in [0.2, 0.25) is 0 Å². The van der Waals surface area contributed by atoms with E-state index in [-0.39, 0.29) is 18.0 Å². The number of benzene rings is 1. The molecule has 0 bridgehead atoms. The molecule has 126 valence electrons. The van der Waals surface area contributed by atoms with Crippen LogP contribution >= 0.6 is 0 Å². The molecule has 1 aliphatic heterocycles. The largest absolute Gasteiger partial charge is 0.376 e. The quantitative estimate of drug-likeness (QED) is 0.639. The van der Waals surface area contributed by atoms with E-state index in [0.717, 1.165) is 19.4 Å². The van der Waals surface area contributed by atoms with E-state index in [1.165, 1.54) is 0 Å². The molecule has 1 unspecified atom stereocenters. The fourth-order valence-corrected chi connectivity index (χ4v) is 2.24. The summed E-state index contributed by atoms with van der Waals surface area (Å²) in [4.78, 5) is 23.5. The first-order chi connectivity index (χ1) is 11.1. The highest BCUT2D eigenvalue weighted by atomic mass is 16.5. The van der Waals surface area contributed by atoms with Gasteiger partial charge in [0, 0.05) is 24.5 Å². The van der Waals surface area contributed by atoms with Gasteiger partial charge < -0.3 is 26.4 Å². The molecule has 23 heavy (non-hydrogen) atoms. The molecule has 1 aromatic carbocycles. The Morgan fingerprint density at radius 2 is 1.91 bits per heavy atom. The van der Waals surface area contributed by atoms with E-state index in [1.807, 2.05) is 6.92 Å². The summed E-state index contributed by atoms with van der Waals surface area (Å²) >= 11 is 0. The first-order valence-electron chi connectivity index (χ1n) is 7.91. The van der Waals surface area contributed by atoms with Crippen molar-refractivity contribution in [3.63, 3.8) is 0 Å². The normalized spacial score (nSPS) is 18.3. The standard InChI is InChI=1S/C16H24N4O3/c1-2-14(17)15(21)19-11-5-7-12(8-6-11)20-16(22)18-10-13-4-3-9-23-13/h5-8,13-14H,2-4,9-10,17H2,1H3,(H,19,21)(H2,18,20,22)/t13?,14-/m0/s1. The van der Waals surface area contributed by atoms with Crippen LogP contribution < -0.4 is 21.7 Å². The summed E-state index contributed by atoms with van der Waals surface area (Å²) in [6, 6.07) is 6.09. The SMILES string of the molecule is CC[C@H](N)C(=O)Nc1ccc(NC(=O)NCC2CCCO2)cc1. The molecule has 7 nitrogen and oxygen atoms in total. The van der Waals surface area contributed by atoms with Crippen molar-refractivity contribution in [3.05, 3.63) is 24.3 Å². The average Bonchev–Trinajstić information content (AvgIpc) is 3.07. The lowest BCUT2D eigenvalue weighted by molar-refractivity contribution is -0.117. The number of rotatable bonds is 6. The van der Waals surface area contributed by atoms with Crippen LogP contribution in [0, 0.1) is 0 Å². The molecule has 3 amide bonds. The second-order valence-electron chi connectivity index (χ2n) is 5.55. The van der Waals surface area contributed by atoms with Gasteiger partial charge in [0.15, 0.2) is 0 Å². The monoisotopic (exact) mass is 320 g/mol. The van der Waals surface area contributed by atoms with Gasteiger partial charge in [0.05, 0.1) is 12.1 Å². The van der Waals surface area contributed by atoms with Crippen LogP contribution in [0.1, 0.15) is 26.2 Å². The van der Waals surface area contributed by atoms with Gasteiger partial charge in [-0.2, -0.15) is 0 Å². The van der Waals surface area contributed by atoms with Gasteiger partial charge in [-0.25, -0.2) is 4.79 Å². The molecule has 0 saturated carbocycles. The molecule has 1 aromatic rings. The van der Waals surface area contributed by atoms with Crippen molar-refractivity contribution in [2.45, 2.75) is 38.3 Å². The Labute approximate surface area is 136 Å². The van der Waals surface area contributed by atoms with E-state index in [1.54, 1.807) is 24.3 Å². The van der Waals surface area contributed by atoms with Gasteiger partial charge in [0.1, 0.15) is 0 Å².